The highest BCUT2D eigenvalue weighted by Gasteiger charge is 2.17. The molecule has 0 radical (unpaired) electrons. The van der Waals surface area contributed by atoms with Gasteiger partial charge in [-0.05, 0) is 6.92 Å². The second kappa shape index (κ2) is 5.01. The van der Waals surface area contributed by atoms with Crippen molar-refractivity contribution in [3.63, 3.8) is 0 Å². The summed E-state index contributed by atoms with van der Waals surface area (Å²) in [5, 5.41) is 10.8. The summed E-state index contributed by atoms with van der Waals surface area (Å²) in [5.41, 5.74) is 7.17. The van der Waals surface area contributed by atoms with Gasteiger partial charge in [-0.2, -0.15) is 10.2 Å². The van der Waals surface area contributed by atoms with Gasteiger partial charge in [0.1, 0.15) is 6.04 Å². The van der Waals surface area contributed by atoms with Gasteiger partial charge in [0.25, 0.3) is 0 Å². The molecule has 0 aliphatic heterocycles. The summed E-state index contributed by atoms with van der Waals surface area (Å²) in [4.78, 5) is 11.9. The van der Waals surface area contributed by atoms with Gasteiger partial charge in [-0.15, -0.1) is 0 Å². The number of nitrogens with one attached hydrogen (secondary N) is 1. The zero-order valence-electron chi connectivity index (χ0n) is 10.4. The van der Waals surface area contributed by atoms with Crippen LogP contribution in [0.25, 0.3) is 0 Å². The maximum Gasteiger partial charge on any atom is 0.246 e. The van der Waals surface area contributed by atoms with Crippen LogP contribution in [0.15, 0.2) is 24.8 Å². The summed E-state index contributed by atoms with van der Waals surface area (Å²) in [7, 11) is 1.78. The number of nitrogens with two attached hydrogens (primary N) is 1. The summed E-state index contributed by atoms with van der Waals surface area (Å²) in [6, 6.07) is -0.733. The lowest BCUT2D eigenvalue weighted by Crippen LogP contribution is -2.27. The Morgan fingerprint density at radius 3 is 2.78 bits per heavy atom. The smallest absolute Gasteiger partial charge is 0.246 e. The number of hydrogen-bond acceptors (Lipinski definition) is 4. The molecule has 2 aromatic heterocycles. The number of amides is 1. The highest BCUT2D eigenvalue weighted by Crippen LogP contribution is 2.12. The fourth-order valence-corrected chi connectivity index (χ4v) is 1.57. The lowest BCUT2D eigenvalue weighted by Gasteiger charge is -2.08. The van der Waals surface area contributed by atoms with Crippen LogP contribution in [0, 0.1) is 0 Å². The van der Waals surface area contributed by atoms with E-state index in [4.69, 9.17) is 5.73 Å². The van der Waals surface area contributed by atoms with Gasteiger partial charge < -0.3 is 11.1 Å². The number of aryl methyl sites for hydroxylation is 2. The van der Waals surface area contributed by atoms with Crippen molar-refractivity contribution >= 4 is 11.6 Å². The number of aromatic nitrogens is 4. The SMILES string of the molecule is CCn1cc(NC(=O)C(N)c2cnn(C)c2)cn1. The Bertz CT molecular complexity index is 543. The van der Waals surface area contributed by atoms with Crippen molar-refractivity contribution < 1.29 is 4.79 Å². The second-order valence-electron chi connectivity index (χ2n) is 4.00. The number of nitrogens with zero attached hydrogens (tertiary/aromatic N) is 4. The first-order valence-electron chi connectivity index (χ1n) is 5.67. The summed E-state index contributed by atoms with van der Waals surface area (Å²) in [6.45, 7) is 2.73. The zero-order valence-corrected chi connectivity index (χ0v) is 10.4. The van der Waals surface area contributed by atoms with Gasteiger partial charge >= 0.3 is 0 Å². The molecule has 0 saturated heterocycles. The van der Waals surface area contributed by atoms with E-state index in [-0.39, 0.29) is 5.91 Å². The van der Waals surface area contributed by atoms with Gasteiger partial charge in [0.15, 0.2) is 0 Å². The first-order chi connectivity index (χ1) is 8.60. The van der Waals surface area contributed by atoms with E-state index in [9.17, 15) is 4.79 Å². The van der Waals surface area contributed by atoms with E-state index in [1.165, 1.54) is 0 Å². The third-order valence-corrected chi connectivity index (χ3v) is 2.59. The van der Waals surface area contributed by atoms with E-state index >= 15 is 0 Å². The van der Waals surface area contributed by atoms with Crippen molar-refractivity contribution in [2.75, 3.05) is 5.32 Å². The van der Waals surface area contributed by atoms with Crippen LogP contribution in [0.4, 0.5) is 5.69 Å². The molecule has 0 aliphatic rings. The molecular weight excluding hydrogens is 232 g/mol. The first-order valence-corrected chi connectivity index (χ1v) is 5.67. The van der Waals surface area contributed by atoms with Gasteiger partial charge in [0, 0.05) is 31.5 Å². The number of anilines is 1. The minimum atomic E-state index is -0.733. The molecule has 0 aliphatic carbocycles. The van der Waals surface area contributed by atoms with Crippen LogP contribution in [0.5, 0.6) is 0 Å². The van der Waals surface area contributed by atoms with Crippen molar-refractivity contribution in [3.05, 3.63) is 30.4 Å². The molecule has 2 heterocycles. The molecule has 2 rings (SSSR count). The molecule has 0 bridgehead atoms. The van der Waals surface area contributed by atoms with Crippen molar-refractivity contribution in [1.29, 1.82) is 0 Å². The van der Waals surface area contributed by atoms with Gasteiger partial charge in [-0.3, -0.25) is 14.2 Å². The quantitative estimate of drug-likeness (QED) is 0.812. The van der Waals surface area contributed by atoms with Crippen LogP contribution in [0.2, 0.25) is 0 Å². The van der Waals surface area contributed by atoms with E-state index in [1.807, 2.05) is 6.92 Å². The molecule has 7 nitrogen and oxygen atoms in total. The Labute approximate surface area is 105 Å². The fraction of sp³-hybridized carbons (Fsp3) is 0.364. The van der Waals surface area contributed by atoms with Crippen LogP contribution in [-0.4, -0.2) is 25.5 Å². The van der Waals surface area contributed by atoms with Gasteiger partial charge in [-0.25, -0.2) is 0 Å². The highest BCUT2D eigenvalue weighted by atomic mass is 16.2. The van der Waals surface area contributed by atoms with Crippen LogP contribution in [-0.2, 0) is 18.4 Å². The first kappa shape index (κ1) is 12.3. The molecule has 0 fully saturated rings. The molecule has 1 amide bonds. The molecule has 96 valence electrons. The number of hydrogen-bond donors (Lipinski definition) is 2. The summed E-state index contributed by atoms with van der Waals surface area (Å²) in [5.74, 6) is -0.279. The van der Waals surface area contributed by atoms with Crippen molar-refractivity contribution in [3.8, 4) is 0 Å². The van der Waals surface area contributed by atoms with Gasteiger partial charge in [-0.1, -0.05) is 0 Å². The predicted octanol–water partition coefficient (Wildman–Crippen LogP) is 0.275. The molecule has 1 unspecified atom stereocenters. The standard InChI is InChI=1S/C11H16N6O/c1-3-17-7-9(5-14-17)15-11(18)10(12)8-4-13-16(2)6-8/h4-7,10H,3,12H2,1-2H3,(H,15,18). The highest BCUT2D eigenvalue weighted by molar-refractivity contribution is 5.95. The normalized spacial score (nSPS) is 12.4. The summed E-state index contributed by atoms with van der Waals surface area (Å²) >= 11 is 0. The molecule has 1 atom stereocenters. The molecule has 0 aromatic carbocycles. The topological polar surface area (TPSA) is 90.8 Å². The van der Waals surface area contributed by atoms with E-state index < -0.39 is 6.04 Å². The van der Waals surface area contributed by atoms with Gasteiger partial charge in [0.2, 0.25) is 5.91 Å². The van der Waals surface area contributed by atoms with E-state index in [0.29, 0.717) is 11.3 Å². The average Bonchev–Trinajstić information content (AvgIpc) is 2.97. The Kier molecular flexibility index (Phi) is 3.42. The Hall–Kier alpha value is -2.15. The second-order valence-corrected chi connectivity index (χ2v) is 4.00. The largest absolute Gasteiger partial charge is 0.322 e. The molecular formula is C11H16N6O. The fourth-order valence-electron chi connectivity index (χ4n) is 1.57. The van der Waals surface area contributed by atoms with Crippen LogP contribution in [0.1, 0.15) is 18.5 Å². The van der Waals surface area contributed by atoms with Crippen LogP contribution < -0.4 is 11.1 Å². The number of carbonyl (C=O) groups excluding carboxylic acids is 1. The molecule has 2 aromatic rings. The Morgan fingerprint density at radius 2 is 2.22 bits per heavy atom. The lowest BCUT2D eigenvalue weighted by molar-refractivity contribution is -0.117. The predicted molar refractivity (Wildman–Crippen MR) is 66.7 cm³/mol. The van der Waals surface area contributed by atoms with Gasteiger partial charge in [0.05, 0.1) is 18.1 Å². The third kappa shape index (κ3) is 2.57. The third-order valence-electron chi connectivity index (χ3n) is 2.59. The molecule has 0 saturated carbocycles. The lowest BCUT2D eigenvalue weighted by atomic mass is 10.1. The Morgan fingerprint density at radius 1 is 1.44 bits per heavy atom. The van der Waals surface area contributed by atoms with E-state index in [2.05, 4.69) is 15.5 Å². The summed E-state index contributed by atoms with van der Waals surface area (Å²) < 4.78 is 3.34. The van der Waals surface area contributed by atoms with E-state index in [1.54, 1.807) is 41.2 Å². The zero-order chi connectivity index (χ0) is 13.1. The van der Waals surface area contributed by atoms with E-state index in [0.717, 1.165) is 6.54 Å². The summed E-state index contributed by atoms with van der Waals surface area (Å²) in [6.07, 6.45) is 6.66. The average molecular weight is 248 g/mol. The number of carbonyl (C=O) groups is 1. The molecule has 18 heavy (non-hydrogen) atoms. The molecule has 3 N–H and O–H groups in total. The van der Waals surface area contributed by atoms with Crippen molar-refractivity contribution in [1.82, 2.24) is 19.6 Å². The molecule has 0 spiro atoms. The van der Waals surface area contributed by atoms with Crippen molar-refractivity contribution in [2.45, 2.75) is 19.5 Å². The Balaban J connectivity index is 2.03. The monoisotopic (exact) mass is 248 g/mol. The molecule has 7 heteroatoms. The van der Waals surface area contributed by atoms with Crippen molar-refractivity contribution in [2.24, 2.45) is 12.8 Å². The maximum absolute atomic E-state index is 11.9. The number of rotatable bonds is 4. The van der Waals surface area contributed by atoms with Crippen LogP contribution in [0.3, 0.4) is 0 Å². The van der Waals surface area contributed by atoms with Crippen LogP contribution >= 0.6 is 0 Å². The minimum Gasteiger partial charge on any atom is -0.322 e. The minimum absolute atomic E-state index is 0.279. The maximum atomic E-state index is 11.9.